The second-order valence-electron chi connectivity index (χ2n) is 7.61. The summed E-state index contributed by atoms with van der Waals surface area (Å²) >= 11 is 0. The molecule has 0 heteroatoms. The first kappa shape index (κ1) is 13.0. The van der Waals surface area contributed by atoms with E-state index >= 15 is 0 Å². The lowest BCUT2D eigenvalue weighted by Crippen LogP contribution is -2.55. The summed E-state index contributed by atoms with van der Waals surface area (Å²) in [6.45, 7) is 4.81. The molecule has 4 aliphatic rings. The molecule has 3 unspecified atom stereocenters. The van der Waals surface area contributed by atoms with E-state index in [0.717, 1.165) is 29.1 Å². The number of hydrogen-bond acceptors (Lipinski definition) is 0. The van der Waals surface area contributed by atoms with Crippen LogP contribution in [0.5, 0.6) is 0 Å². The first-order valence-corrected chi connectivity index (χ1v) is 8.80. The molecule has 3 atom stereocenters. The summed E-state index contributed by atoms with van der Waals surface area (Å²) in [5.41, 5.74) is 0.842. The van der Waals surface area contributed by atoms with Gasteiger partial charge in [-0.15, -0.1) is 0 Å². The van der Waals surface area contributed by atoms with Gasteiger partial charge in [0.2, 0.25) is 0 Å². The Hall–Kier alpha value is 0. The van der Waals surface area contributed by atoms with E-state index in [9.17, 15) is 0 Å². The molecule has 4 fully saturated rings. The third-order valence-corrected chi connectivity index (χ3v) is 6.96. The molecule has 4 aliphatic carbocycles. The Labute approximate surface area is 114 Å². The molecular formula is C18H32. The highest BCUT2D eigenvalue weighted by Crippen LogP contribution is 2.67. The smallest absolute Gasteiger partial charge is 0.0236 e. The predicted molar refractivity (Wildman–Crippen MR) is 78.5 cm³/mol. The lowest BCUT2D eigenvalue weighted by molar-refractivity contribution is -0.145. The van der Waals surface area contributed by atoms with E-state index in [1.165, 1.54) is 19.3 Å². The first-order valence-electron chi connectivity index (χ1n) is 8.80. The van der Waals surface area contributed by atoms with Gasteiger partial charge in [-0.2, -0.15) is 0 Å². The van der Waals surface area contributed by atoms with Crippen molar-refractivity contribution in [2.24, 2.45) is 29.1 Å². The molecule has 0 aromatic heterocycles. The zero-order valence-corrected chi connectivity index (χ0v) is 12.6. The van der Waals surface area contributed by atoms with Crippen LogP contribution >= 0.6 is 0 Å². The van der Waals surface area contributed by atoms with Crippen molar-refractivity contribution in [1.29, 1.82) is 0 Å². The van der Waals surface area contributed by atoms with E-state index in [4.69, 9.17) is 0 Å². The molecule has 0 nitrogen and oxygen atoms in total. The lowest BCUT2D eigenvalue weighted by Gasteiger charge is -2.64. The van der Waals surface area contributed by atoms with E-state index in [1.807, 2.05) is 0 Å². The summed E-state index contributed by atoms with van der Waals surface area (Å²) in [6, 6.07) is 0. The Morgan fingerprint density at radius 2 is 1.78 bits per heavy atom. The van der Waals surface area contributed by atoms with Gasteiger partial charge in [0.15, 0.2) is 0 Å². The molecule has 0 radical (unpaired) electrons. The summed E-state index contributed by atoms with van der Waals surface area (Å²) in [7, 11) is 0. The maximum atomic E-state index is 2.46. The Morgan fingerprint density at radius 3 is 2.39 bits per heavy atom. The zero-order valence-electron chi connectivity index (χ0n) is 12.6. The van der Waals surface area contributed by atoms with Gasteiger partial charge < -0.3 is 0 Å². The van der Waals surface area contributed by atoms with Gasteiger partial charge >= 0.3 is 0 Å². The van der Waals surface area contributed by atoms with Crippen molar-refractivity contribution < 1.29 is 0 Å². The first-order chi connectivity index (χ1) is 8.80. The molecule has 0 amide bonds. The number of rotatable bonds is 4. The Morgan fingerprint density at radius 1 is 1.00 bits per heavy atom. The van der Waals surface area contributed by atoms with Crippen molar-refractivity contribution in [1.82, 2.24) is 0 Å². The van der Waals surface area contributed by atoms with Crippen molar-refractivity contribution in [3.8, 4) is 0 Å². The predicted octanol–water partition coefficient (Wildman–Crippen LogP) is 5.81. The highest BCUT2D eigenvalue weighted by Gasteiger charge is 2.58. The van der Waals surface area contributed by atoms with Gasteiger partial charge in [-0.05, 0) is 54.8 Å². The maximum absolute atomic E-state index is 2.46. The van der Waals surface area contributed by atoms with Crippen LogP contribution < -0.4 is 0 Å². The van der Waals surface area contributed by atoms with Crippen LogP contribution in [0.4, 0.5) is 0 Å². The van der Waals surface area contributed by atoms with E-state index in [1.54, 1.807) is 51.4 Å². The number of fused-ring (bicyclic) bond motifs is 2. The van der Waals surface area contributed by atoms with Crippen molar-refractivity contribution in [3.63, 3.8) is 0 Å². The average Bonchev–Trinajstić information content (AvgIpc) is 2.41. The van der Waals surface area contributed by atoms with E-state index in [2.05, 4.69) is 13.8 Å². The SMILES string of the molecule is CCCC1CCC(C23CCCC(C2)C3CC)CC1. The van der Waals surface area contributed by atoms with Crippen molar-refractivity contribution in [2.75, 3.05) is 0 Å². The van der Waals surface area contributed by atoms with Crippen LogP contribution in [0.3, 0.4) is 0 Å². The summed E-state index contributed by atoms with van der Waals surface area (Å²) in [5, 5.41) is 0. The van der Waals surface area contributed by atoms with Crippen molar-refractivity contribution in [2.45, 2.75) is 84.5 Å². The molecule has 0 N–H and O–H groups in total. The summed E-state index contributed by atoms with van der Waals surface area (Å²) in [4.78, 5) is 0. The molecule has 0 aromatic rings. The lowest BCUT2D eigenvalue weighted by atomic mass is 9.41. The van der Waals surface area contributed by atoms with Crippen molar-refractivity contribution in [3.05, 3.63) is 0 Å². The molecule has 0 aromatic carbocycles. The van der Waals surface area contributed by atoms with Crippen LogP contribution in [-0.2, 0) is 0 Å². The van der Waals surface area contributed by atoms with Gasteiger partial charge in [0.25, 0.3) is 0 Å². The van der Waals surface area contributed by atoms with Crippen molar-refractivity contribution >= 4 is 0 Å². The fourth-order valence-electron chi connectivity index (χ4n) is 6.22. The Kier molecular flexibility index (Phi) is 3.74. The molecular weight excluding hydrogens is 216 g/mol. The fraction of sp³-hybridized carbons (Fsp3) is 1.00. The standard InChI is InChI=1S/C18H32/c1-3-6-14-8-10-16(11-9-14)18-12-5-7-15(13-18)17(18)4-2/h14-17H,3-13H2,1-2H3. The van der Waals surface area contributed by atoms with Gasteiger partial charge in [-0.25, -0.2) is 0 Å². The van der Waals surface area contributed by atoms with E-state index in [-0.39, 0.29) is 0 Å². The Bertz CT molecular complexity index is 270. The third kappa shape index (κ3) is 1.95. The van der Waals surface area contributed by atoms with Gasteiger partial charge in [0.05, 0.1) is 0 Å². The fourth-order valence-corrected chi connectivity index (χ4v) is 6.22. The summed E-state index contributed by atoms with van der Waals surface area (Å²) < 4.78 is 0. The van der Waals surface area contributed by atoms with Crippen LogP contribution in [0.1, 0.15) is 84.5 Å². The minimum atomic E-state index is 0.842. The van der Waals surface area contributed by atoms with Crippen LogP contribution in [0.2, 0.25) is 0 Å². The normalized spacial score (nSPS) is 47.7. The molecule has 4 saturated carbocycles. The van der Waals surface area contributed by atoms with Crippen LogP contribution in [0.15, 0.2) is 0 Å². The zero-order chi connectivity index (χ0) is 12.6. The molecule has 0 saturated heterocycles. The quantitative estimate of drug-likeness (QED) is 0.589. The van der Waals surface area contributed by atoms with E-state index in [0.29, 0.717) is 0 Å². The van der Waals surface area contributed by atoms with Crippen LogP contribution in [-0.4, -0.2) is 0 Å². The molecule has 0 heterocycles. The average molecular weight is 248 g/mol. The van der Waals surface area contributed by atoms with Crippen LogP contribution in [0, 0.1) is 29.1 Å². The number of hydrogen-bond donors (Lipinski definition) is 0. The molecule has 2 bridgehead atoms. The molecule has 104 valence electrons. The second-order valence-corrected chi connectivity index (χ2v) is 7.61. The summed E-state index contributed by atoms with van der Waals surface area (Å²) in [6.07, 6.45) is 17.0. The van der Waals surface area contributed by atoms with Gasteiger partial charge in [-0.1, -0.05) is 58.8 Å². The molecule has 0 spiro atoms. The topological polar surface area (TPSA) is 0 Å². The minimum Gasteiger partial charge on any atom is -0.0654 e. The van der Waals surface area contributed by atoms with Gasteiger partial charge in [0.1, 0.15) is 0 Å². The minimum absolute atomic E-state index is 0.842. The maximum Gasteiger partial charge on any atom is -0.0236 e. The monoisotopic (exact) mass is 248 g/mol. The van der Waals surface area contributed by atoms with E-state index < -0.39 is 0 Å². The summed E-state index contributed by atoms with van der Waals surface area (Å²) in [5.74, 6) is 4.46. The Balaban J connectivity index is 1.62. The molecule has 4 rings (SSSR count). The van der Waals surface area contributed by atoms with Gasteiger partial charge in [-0.3, -0.25) is 0 Å². The molecule has 18 heavy (non-hydrogen) atoms. The highest BCUT2D eigenvalue weighted by atomic mass is 14.6. The highest BCUT2D eigenvalue weighted by molar-refractivity contribution is 5.07. The largest absolute Gasteiger partial charge is 0.0654 e. The molecule has 0 aliphatic heterocycles. The van der Waals surface area contributed by atoms with Crippen LogP contribution in [0.25, 0.3) is 0 Å². The third-order valence-electron chi connectivity index (χ3n) is 6.96. The second kappa shape index (κ2) is 5.17. The van der Waals surface area contributed by atoms with Gasteiger partial charge in [0, 0.05) is 0 Å².